The first-order valence-corrected chi connectivity index (χ1v) is 12.0. The summed E-state index contributed by atoms with van der Waals surface area (Å²) < 4.78 is 5.11. The Balaban J connectivity index is 0.00000249. The number of aryl methyl sites for hydroxylation is 2. The predicted octanol–water partition coefficient (Wildman–Crippen LogP) is 6.94. The lowest BCUT2D eigenvalue weighted by Gasteiger charge is -2.26. The Morgan fingerprint density at radius 3 is 2.47 bits per heavy atom. The minimum absolute atomic E-state index is 0.599. The number of benzene rings is 1. The minimum atomic E-state index is 0.599. The van der Waals surface area contributed by atoms with Crippen molar-refractivity contribution in [3.05, 3.63) is 63.4 Å². The molecule has 32 heavy (non-hydrogen) atoms. The Labute approximate surface area is 195 Å². The van der Waals surface area contributed by atoms with Gasteiger partial charge >= 0.3 is 0 Å². The number of ether oxygens (including phenoxy) is 1. The molecule has 0 fully saturated rings. The molecule has 1 aromatic carbocycles. The van der Waals surface area contributed by atoms with Crippen LogP contribution in [-0.2, 0) is 4.74 Å². The largest absolute Gasteiger partial charge is 0.404 e. The quantitative estimate of drug-likeness (QED) is 0.236. The maximum atomic E-state index is 8.05. The molecule has 0 saturated heterocycles. The predicted molar refractivity (Wildman–Crippen MR) is 141 cm³/mol. The average molecular weight is 438 g/mol. The second-order valence-corrected chi connectivity index (χ2v) is 7.85. The van der Waals surface area contributed by atoms with Crippen molar-refractivity contribution in [2.45, 2.75) is 73.1 Å². The number of allylic oxidation sites excluding steroid dienone is 5. The Bertz CT molecular complexity index is 860. The van der Waals surface area contributed by atoms with Crippen LogP contribution in [0.1, 0.15) is 81.5 Å². The molecule has 0 amide bonds. The van der Waals surface area contributed by atoms with Crippen LogP contribution in [0.5, 0.6) is 0 Å². The van der Waals surface area contributed by atoms with Gasteiger partial charge < -0.3 is 15.9 Å². The highest BCUT2D eigenvalue weighted by atomic mass is 16.5. The van der Waals surface area contributed by atoms with E-state index in [9.17, 15) is 0 Å². The summed E-state index contributed by atoms with van der Waals surface area (Å²) in [6.07, 6.45) is 13.9. The van der Waals surface area contributed by atoms with Gasteiger partial charge in [-0.1, -0.05) is 45.4 Å². The fourth-order valence-electron chi connectivity index (χ4n) is 4.11. The number of methoxy groups -OCH3 is 1. The molecule has 4 heteroatoms. The van der Waals surface area contributed by atoms with E-state index in [0.717, 1.165) is 42.4 Å². The highest BCUT2D eigenvalue weighted by Crippen LogP contribution is 2.40. The van der Waals surface area contributed by atoms with E-state index in [4.69, 9.17) is 15.9 Å². The van der Waals surface area contributed by atoms with Gasteiger partial charge in [-0.25, -0.2) is 0 Å². The van der Waals surface area contributed by atoms with Gasteiger partial charge in [0.2, 0.25) is 0 Å². The van der Waals surface area contributed by atoms with E-state index >= 15 is 0 Å². The lowest BCUT2D eigenvalue weighted by atomic mass is 9.78. The molecule has 1 aromatic rings. The van der Waals surface area contributed by atoms with Gasteiger partial charge in [-0.15, -0.1) is 0 Å². The summed E-state index contributed by atoms with van der Waals surface area (Å²) in [7, 11) is 1.69. The lowest BCUT2D eigenvalue weighted by Crippen LogP contribution is -2.10. The number of nitrogens with two attached hydrogens (primary N) is 1. The number of nitrogens with zero attached hydrogens (tertiary/aromatic N) is 1. The molecule has 0 aliphatic heterocycles. The molecular formula is C28H43N3O. The zero-order chi connectivity index (χ0) is 23.9. The van der Waals surface area contributed by atoms with Crippen molar-refractivity contribution in [1.82, 2.24) is 0 Å². The van der Waals surface area contributed by atoms with Crippen LogP contribution in [0.2, 0.25) is 0 Å². The summed E-state index contributed by atoms with van der Waals surface area (Å²) >= 11 is 0. The average Bonchev–Trinajstić information content (AvgIpc) is 2.83. The molecule has 0 unspecified atom stereocenters. The SMILES string of the molecule is CC.CCC/C=C(C1=C(c2c(C)ccc(C)c2C=N)CCCC1)\C(C=NCCOC)=C\N. The molecule has 0 heterocycles. The molecule has 1 aliphatic carbocycles. The molecule has 1 aliphatic rings. The fourth-order valence-corrected chi connectivity index (χ4v) is 4.11. The molecule has 176 valence electrons. The van der Waals surface area contributed by atoms with Crippen LogP contribution in [0.25, 0.3) is 5.57 Å². The smallest absolute Gasteiger partial charge is 0.0658 e. The molecule has 0 atom stereocenters. The van der Waals surface area contributed by atoms with Crippen LogP contribution in [0.3, 0.4) is 0 Å². The first-order valence-electron chi connectivity index (χ1n) is 12.0. The summed E-state index contributed by atoms with van der Waals surface area (Å²) in [6, 6.07) is 4.29. The molecule has 2 rings (SSSR count). The number of hydrogen-bond acceptors (Lipinski definition) is 4. The van der Waals surface area contributed by atoms with Gasteiger partial charge in [0, 0.05) is 36.9 Å². The van der Waals surface area contributed by atoms with E-state index in [1.165, 1.54) is 46.9 Å². The van der Waals surface area contributed by atoms with Crippen LogP contribution in [0.4, 0.5) is 0 Å². The minimum Gasteiger partial charge on any atom is -0.404 e. The second-order valence-electron chi connectivity index (χ2n) is 7.85. The van der Waals surface area contributed by atoms with Gasteiger partial charge in [0.15, 0.2) is 0 Å². The Morgan fingerprint density at radius 1 is 1.16 bits per heavy atom. The van der Waals surface area contributed by atoms with Crippen molar-refractivity contribution >= 4 is 18.0 Å². The third-order valence-electron chi connectivity index (χ3n) is 5.69. The summed E-state index contributed by atoms with van der Waals surface area (Å²) in [5.41, 5.74) is 15.6. The zero-order valence-electron chi connectivity index (χ0n) is 21.1. The number of unbranched alkanes of at least 4 members (excludes halogenated alkanes) is 1. The number of rotatable bonds is 10. The van der Waals surface area contributed by atoms with Gasteiger partial charge in [0.05, 0.1) is 13.2 Å². The van der Waals surface area contributed by atoms with Crippen LogP contribution in [0.15, 0.2) is 46.1 Å². The first-order chi connectivity index (χ1) is 15.6. The topological polar surface area (TPSA) is 71.5 Å². The number of hydrogen-bond donors (Lipinski definition) is 2. The van der Waals surface area contributed by atoms with Gasteiger partial charge in [-0.2, -0.15) is 0 Å². The van der Waals surface area contributed by atoms with Crippen LogP contribution in [0, 0.1) is 19.3 Å². The molecular weight excluding hydrogens is 394 g/mol. The van der Waals surface area contributed by atoms with Crippen molar-refractivity contribution < 1.29 is 4.74 Å². The summed E-state index contributed by atoms with van der Waals surface area (Å²) in [5.74, 6) is 0. The van der Waals surface area contributed by atoms with E-state index in [-0.39, 0.29) is 0 Å². The van der Waals surface area contributed by atoms with Gasteiger partial charge in [-0.3, -0.25) is 4.99 Å². The van der Waals surface area contributed by atoms with Crippen molar-refractivity contribution in [3.63, 3.8) is 0 Å². The zero-order valence-corrected chi connectivity index (χ0v) is 21.1. The van der Waals surface area contributed by atoms with E-state index in [0.29, 0.717) is 13.2 Å². The molecule has 3 N–H and O–H groups in total. The summed E-state index contributed by atoms with van der Waals surface area (Å²) in [5, 5.41) is 8.05. The van der Waals surface area contributed by atoms with Gasteiger partial charge in [-0.05, 0) is 79.4 Å². The maximum absolute atomic E-state index is 8.05. The van der Waals surface area contributed by atoms with Crippen molar-refractivity contribution in [3.8, 4) is 0 Å². The lowest BCUT2D eigenvalue weighted by molar-refractivity contribution is 0.208. The normalized spacial score (nSPS) is 15.1. The molecule has 0 bridgehead atoms. The van der Waals surface area contributed by atoms with Crippen molar-refractivity contribution in [1.29, 1.82) is 5.41 Å². The van der Waals surface area contributed by atoms with Crippen LogP contribution < -0.4 is 5.73 Å². The highest BCUT2D eigenvalue weighted by molar-refractivity contribution is 5.94. The maximum Gasteiger partial charge on any atom is 0.0658 e. The van der Waals surface area contributed by atoms with Gasteiger partial charge in [0.1, 0.15) is 0 Å². The van der Waals surface area contributed by atoms with E-state index in [1.807, 2.05) is 20.1 Å². The van der Waals surface area contributed by atoms with Crippen LogP contribution in [-0.4, -0.2) is 32.7 Å². The molecule has 0 radical (unpaired) electrons. The first kappa shape index (κ1) is 27.6. The second kappa shape index (κ2) is 15.4. The summed E-state index contributed by atoms with van der Waals surface area (Å²) in [4.78, 5) is 4.52. The molecule has 4 nitrogen and oxygen atoms in total. The third kappa shape index (κ3) is 7.30. The Hall–Kier alpha value is -2.46. The van der Waals surface area contributed by atoms with Crippen LogP contribution >= 0.6 is 0 Å². The molecule has 0 saturated carbocycles. The van der Waals surface area contributed by atoms with Crippen molar-refractivity contribution in [2.24, 2.45) is 10.7 Å². The monoisotopic (exact) mass is 437 g/mol. The van der Waals surface area contributed by atoms with E-state index in [1.54, 1.807) is 13.3 Å². The third-order valence-corrected chi connectivity index (χ3v) is 5.69. The van der Waals surface area contributed by atoms with Gasteiger partial charge in [0.25, 0.3) is 0 Å². The molecule has 0 aromatic heterocycles. The number of aliphatic imine (C=N–C) groups is 1. The standard InChI is InChI=1S/C26H37N3O.C2H6/c1-5-6-9-22(21(16-27)18-29-14-15-30-4)23-10-7-8-11-24(23)26-20(3)13-12-19(2)25(26)17-28;1-2/h9,12-13,16-18,28H,5-8,10-11,14-15,27H2,1-4H3;1-2H3/b21-16+,22-9+,28-17?,29-18?;. The Kier molecular flexibility index (Phi) is 13.2. The summed E-state index contributed by atoms with van der Waals surface area (Å²) in [6.45, 7) is 11.7. The number of nitrogens with one attached hydrogen (secondary N) is 1. The van der Waals surface area contributed by atoms with E-state index < -0.39 is 0 Å². The highest BCUT2D eigenvalue weighted by Gasteiger charge is 2.22. The Morgan fingerprint density at radius 2 is 1.84 bits per heavy atom. The fraction of sp³-hybridized carbons (Fsp3) is 0.500. The molecule has 0 spiro atoms. The van der Waals surface area contributed by atoms with Crippen molar-refractivity contribution in [2.75, 3.05) is 20.3 Å². The van der Waals surface area contributed by atoms with E-state index in [2.05, 4.69) is 44.0 Å².